The first-order valence-corrected chi connectivity index (χ1v) is 10.0. The monoisotopic (exact) mass is 411 g/mol. The minimum Gasteiger partial charge on any atom is -0.303 e. The Labute approximate surface area is 157 Å². The fraction of sp³-hybridized carbons (Fsp3) is 0.500. The number of carbonyl (C=O) groups is 1. The molecule has 0 radical (unpaired) electrons. The van der Waals surface area contributed by atoms with Gasteiger partial charge in [0.25, 0.3) is 0 Å². The van der Waals surface area contributed by atoms with Crippen molar-refractivity contribution in [3.8, 4) is 0 Å². The molecule has 0 spiro atoms. The van der Waals surface area contributed by atoms with E-state index in [2.05, 4.69) is 77.6 Å². The number of halogens is 1. The topological polar surface area (TPSA) is 44.4 Å². The second-order valence-electron chi connectivity index (χ2n) is 6.40. The van der Waals surface area contributed by atoms with Crippen LogP contribution < -0.4 is 10.9 Å². The van der Waals surface area contributed by atoms with E-state index in [9.17, 15) is 4.79 Å². The van der Waals surface area contributed by atoms with Gasteiger partial charge in [0.2, 0.25) is 5.91 Å². The Morgan fingerprint density at radius 2 is 2.08 bits per heavy atom. The van der Waals surface area contributed by atoms with Crippen LogP contribution in [0.1, 0.15) is 31.4 Å². The molecule has 2 N–H and O–H groups in total. The van der Waals surface area contributed by atoms with E-state index in [4.69, 9.17) is 0 Å². The predicted molar refractivity (Wildman–Crippen MR) is 105 cm³/mol. The van der Waals surface area contributed by atoms with Crippen molar-refractivity contribution in [2.45, 2.75) is 45.1 Å². The summed E-state index contributed by atoms with van der Waals surface area (Å²) in [5.41, 5.74) is 9.34. The molecule has 0 aromatic heterocycles. The number of thioether (sulfide) groups is 1. The van der Waals surface area contributed by atoms with Gasteiger partial charge in [-0.15, -0.1) is 11.8 Å². The Balaban J connectivity index is 1.77. The van der Waals surface area contributed by atoms with Crippen LogP contribution in [0.2, 0.25) is 0 Å². The number of aryl methyl sites for hydroxylation is 2. The van der Waals surface area contributed by atoms with E-state index in [1.165, 1.54) is 11.1 Å². The summed E-state index contributed by atoms with van der Waals surface area (Å²) in [5.74, 6) is 0.396. The average molecular weight is 412 g/mol. The highest BCUT2D eigenvalue weighted by Gasteiger charge is 2.14. The highest BCUT2D eigenvalue weighted by molar-refractivity contribution is 9.10. The van der Waals surface area contributed by atoms with Gasteiger partial charge in [-0.2, -0.15) is 0 Å². The summed E-state index contributed by atoms with van der Waals surface area (Å²) >= 11 is 5.10. The number of benzene rings is 1. The van der Waals surface area contributed by atoms with Crippen molar-refractivity contribution in [1.82, 2.24) is 15.8 Å². The quantitative estimate of drug-likeness (QED) is 0.552. The third-order valence-corrected chi connectivity index (χ3v) is 6.16. The van der Waals surface area contributed by atoms with Gasteiger partial charge in [-0.25, -0.2) is 0 Å². The molecule has 0 unspecified atom stereocenters. The summed E-state index contributed by atoms with van der Waals surface area (Å²) in [7, 11) is 0. The second kappa shape index (κ2) is 8.92. The molecule has 132 valence electrons. The van der Waals surface area contributed by atoms with Crippen molar-refractivity contribution in [3.05, 3.63) is 39.5 Å². The number of rotatable bonds is 6. The van der Waals surface area contributed by atoms with Crippen LogP contribution in [0.15, 0.2) is 33.3 Å². The van der Waals surface area contributed by atoms with Crippen molar-refractivity contribution in [2.24, 2.45) is 0 Å². The van der Waals surface area contributed by atoms with Gasteiger partial charge in [0, 0.05) is 40.6 Å². The zero-order chi connectivity index (χ0) is 17.7. The van der Waals surface area contributed by atoms with E-state index >= 15 is 0 Å². The Bertz CT molecular complexity index is 631. The molecule has 6 heteroatoms. The third kappa shape index (κ3) is 5.53. The molecule has 2 rings (SSSR count). The Morgan fingerprint density at radius 3 is 2.71 bits per heavy atom. The van der Waals surface area contributed by atoms with Crippen LogP contribution in [0, 0.1) is 13.8 Å². The zero-order valence-corrected chi connectivity index (χ0v) is 17.2. The molecule has 0 atom stereocenters. The van der Waals surface area contributed by atoms with Crippen molar-refractivity contribution in [2.75, 3.05) is 18.8 Å². The summed E-state index contributed by atoms with van der Waals surface area (Å²) in [4.78, 5) is 15.6. The SMILES string of the molecule is Cc1cc(SCC(=O)NNC2=CCN(C(C)C)CC2)c(C)cc1Br. The summed E-state index contributed by atoms with van der Waals surface area (Å²) in [6, 6.07) is 4.78. The van der Waals surface area contributed by atoms with Gasteiger partial charge < -0.3 is 5.43 Å². The van der Waals surface area contributed by atoms with E-state index in [1.807, 2.05) is 0 Å². The number of hydrogen-bond donors (Lipinski definition) is 2. The second-order valence-corrected chi connectivity index (χ2v) is 8.27. The first-order chi connectivity index (χ1) is 11.4. The van der Waals surface area contributed by atoms with Crippen LogP contribution in [0.5, 0.6) is 0 Å². The molecule has 1 amide bonds. The molecule has 0 aliphatic carbocycles. The average Bonchev–Trinajstić information content (AvgIpc) is 2.55. The van der Waals surface area contributed by atoms with Gasteiger partial charge in [0.1, 0.15) is 0 Å². The smallest absolute Gasteiger partial charge is 0.248 e. The van der Waals surface area contributed by atoms with E-state index < -0.39 is 0 Å². The van der Waals surface area contributed by atoms with Gasteiger partial charge in [-0.3, -0.25) is 15.1 Å². The molecule has 4 nitrogen and oxygen atoms in total. The third-order valence-electron chi connectivity index (χ3n) is 4.15. The first kappa shape index (κ1) is 19.3. The number of nitrogens with zero attached hydrogens (tertiary/aromatic N) is 1. The van der Waals surface area contributed by atoms with E-state index in [-0.39, 0.29) is 5.91 Å². The molecule has 0 fully saturated rings. The van der Waals surface area contributed by atoms with Gasteiger partial charge in [0.15, 0.2) is 0 Å². The number of hydrogen-bond acceptors (Lipinski definition) is 4. The molecule has 1 heterocycles. The minimum absolute atomic E-state index is 0.00726. The van der Waals surface area contributed by atoms with Crippen molar-refractivity contribution in [1.29, 1.82) is 0 Å². The van der Waals surface area contributed by atoms with Crippen molar-refractivity contribution >= 4 is 33.6 Å². The maximum absolute atomic E-state index is 12.1. The van der Waals surface area contributed by atoms with Crippen LogP contribution in [0.25, 0.3) is 0 Å². The lowest BCUT2D eigenvalue weighted by molar-refractivity contribution is -0.119. The molecule has 1 aromatic carbocycles. The fourth-order valence-corrected chi connectivity index (χ4v) is 3.87. The maximum atomic E-state index is 12.1. The highest BCUT2D eigenvalue weighted by Crippen LogP contribution is 2.28. The number of hydrazine groups is 1. The van der Waals surface area contributed by atoms with Crippen LogP contribution in [0.3, 0.4) is 0 Å². The van der Waals surface area contributed by atoms with Gasteiger partial charge in [-0.05, 0) is 57.0 Å². The Kier molecular flexibility index (Phi) is 7.19. The fourth-order valence-electron chi connectivity index (χ4n) is 2.51. The standard InChI is InChI=1S/C18H26BrN3OS/c1-12(2)22-7-5-15(6-8-22)20-21-18(23)11-24-17-10-13(3)16(19)9-14(17)4/h5,9-10,12,20H,6-8,11H2,1-4H3,(H,21,23). The summed E-state index contributed by atoms with van der Waals surface area (Å²) in [5, 5.41) is 0. The number of carbonyl (C=O) groups excluding carboxylic acids is 1. The molecular formula is C18H26BrN3OS. The molecular weight excluding hydrogens is 386 g/mol. The molecule has 0 bridgehead atoms. The van der Waals surface area contributed by atoms with Gasteiger partial charge in [0.05, 0.1) is 5.75 Å². The zero-order valence-electron chi connectivity index (χ0n) is 14.8. The Morgan fingerprint density at radius 1 is 1.33 bits per heavy atom. The number of nitrogens with one attached hydrogen (secondary N) is 2. The lowest BCUT2D eigenvalue weighted by atomic mass is 10.2. The van der Waals surface area contributed by atoms with E-state index in [0.29, 0.717) is 11.8 Å². The molecule has 24 heavy (non-hydrogen) atoms. The predicted octanol–water partition coefficient (Wildman–Crippen LogP) is 3.78. The van der Waals surface area contributed by atoms with Gasteiger partial charge >= 0.3 is 0 Å². The first-order valence-electron chi connectivity index (χ1n) is 8.24. The van der Waals surface area contributed by atoms with Crippen LogP contribution in [-0.4, -0.2) is 35.7 Å². The van der Waals surface area contributed by atoms with E-state index in [0.717, 1.165) is 34.6 Å². The van der Waals surface area contributed by atoms with Gasteiger partial charge in [-0.1, -0.05) is 15.9 Å². The van der Waals surface area contributed by atoms with Crippen LogP contribution in [0.4, 0.5) is 0 Å². The summed E-state index contributed by atoms with van der Waals surface area (Å²) in [6.07, 6.45) is 3.09. The lowest BCUT2D eigenvalue weighted by Crippen LogP contribution is -2.42. The number of amides is 1. The van der Waals surface area contributed by atoms with E-state index in [1.54, 1.807) is 11.8 Å². The van der Waals surface area contributed by atoms with Crippen molar-refractivity contribution < 1.29 is 4.79 Å². The highest BCUT2D eigenvalue weighted by atomic mass is 79.9. The molecule has 0 saturated carbocycles. The summed E-state index contributed by atoms with van der Waals surface area (Å²) in [6.45, 7) is 10.5. The molecule has 1 aliphatic heterocycles. The maximum Gasteiger partial charge on any atom is 0.248 e. The molecule has 1 aromatic rings. The normalized spacial score (nSPS) is 15.3. The minimum atomic E-state index is -0.00726. The lowest BCUT2D eigenvalue weighted by Gasteiger charge is -2.29. The molecule has 1 aliphatic rings. The largest absolute Gasteiger partial charge is 0.303 e. The Hall–Kier alpha value is -0.980. The van der Waals surface area contributed by atoms with Crippen LogP contribution >= 0.6 is 27.7 Å². The summed E-state index contributed by atoms with van der Waals surface area (Å²) < 4.78 is 1.11. The molecule has 0 saturated heterocycles. The van der Waals surface area contributed by atoms with Crippen LogP contribution in [-0.2, 0) is 4.79 Å². The van der Waals surface area contributed by atoms with Crippen molar-refractivity contribution in [3.63, 3.8) is 0 Å².